The second-order valence-electron chi connectivity index (χ2n) is 4.16. The third-order valence-corrected chi connectivity index (χ3v) is 4.83. The zero-order valence-corrected chi connectivity index (χ0v) is 12.6. The lowest BCUT2D eigenvalue weighted by Crippen LogP contribution is -2.36. The Balaban J connectivity index is 0.00000200. The first-order valence-electron chi connectivity index (χ1n) is 5.58. The van der Waals surface area contributed by atoms with Gasteiger partial charge in [0.15, 0.2) is 4.90 Å². The van der Waals surface area contributed by atoms with Crippen LogP contribution in [-0.4, -0.2) is 32.5 Å². The summed E-state index contributed by atoms with van der Waals surface area (Å²) in [6.07, 6.45) is 0.636. The maximum atomic E-state index is 12.2. The van der Waals surface area contributed by atoms with Crippen molar-refractivity contribution in [3.63, 3.8) is 0 Å². The molecule has 2 rings (SSSR count). The van der Waals surface area contributed by atoms with E-state index in [2.05, 4.69) is 10.0 Å². The lowest BCUT2D eigenvalue weighted by molar-refractivity contribution is -0.387. The Kier molecular flexibility index (Phi) is 5.72. The highest BCUT2D eigenvalue weighted by Gasteiger charge is 2.31. The van der Waals surface area contributed by atoms with E-state index in [9.17, 15) is 18.5 Å². The van der Waals surface area contributed by atoms with Crippen LogP contribution in [0.3, 0.4) is 0 Å². The lowest BCUT2D eigenvalue weighted by atomic mass is 10.3. The van der Waals surface area contributed by atoms with Gasteiger partial charge in [-0.05, 0) is 19.0 Å². The van der Waals surface area contributed by atoms with Gasteiger partial charge in [-0.2, -0.15) is 0 Å². The Morgan fingerprint density at radius 3 is 2.70 bits per heavy atom. The molecule has 1 atom stereocenters. The third-order valence-electron chi connectivity index (χ3n) is 2.79. The van der Waals surface area contributed by atoms with E-state index in [0.29, 0.717) is 19.5 Å². The fourth-order valence-corrected chi connectivity index (χ4v) is 3.92. The maximum Gasteiger partial charge on any atom is 0.290 e. The molecule has 112 valence electrons. The Bertz CT molecular complexity index is 603. The van der Waals surface area contributed by atoms with Crippen LogP contribution < -0.4 is 10.0 Å². The molecule has 0 saturated carbocycles. The molecule has 7 nitrogen and oxygen atoms in total. The number of nitro benzene ring substituents is 1. The summed E-state index contributed by atoms with van der Waals surface area (Å²) in [5.41, 5.74) is -0.522. The van der Waals surface area contributed by atoms with Crippen molar-refractivity contribution < 1.29 is 13.3 Å². The highest BCUT2D eigenvalue weighted by molar-refractivity contribution is 7.89. The summed E-state index contributed by atoms with van der Waals surface area (Å²) in [5.74, 6) is 0. The zero-order valence-electron chi connectivity index (χ0n) is 10.2. The van der Waals surface area contributed by atoms with E-state index in [1.807, 2.05) is 0 Å². The van der Waals surface area contributed by atoms with Crippen molar-refractivity contribution in [3.05, 3.63) is 33.3 Å². The van der Waals surface area contributed by atoms with Crippen molar-refractivity contribution in [2.75, 3.05) is 13.1 Å². The van der Waals surface area contributed by atoms with Gasteiger partial charge in [0, 0.05) is 18.7 Å². The Labute approximate surface area is 127 Å². The van der Waals surface area contributed by atoms with Crippen LogP contribution in [-0.2, 0) is 10.0 Å². The average molecular weight is 342 g/mol. The first-order chi connectivity index (χ1) is 8.92. The van der Waals surface area contributed by atoms with Crippen LogP contribution in [0.1, 0.15) is 6.42 Å². The summed E-state index contributed by atoms with van der Waals surface area (Å²) in [7, 11) is -4.01. The van der Waals surface area contributed by atoms with E-state index in [1.165, 1.54) is 12.1 Å². The molecule has 1 aliphatic rings. The molecular formula is C10H13Cl2N3O4S. The minimum atomic E-state index is -4.01. The fraction of sp³-hybridized carbons (Fsp3) is 0.400. The van der Waals surface area contributed by atoms with Crippen molar-refractivity contribution in [1.82, 2.24) is 10.0 Å². The summed E-state index contributed by atoms with van der Waals surface area (Å²) < 4.78 is 26.8. The monoisotopic (exact) mass is 341 g/mol. The van der Waals surface area contributed by atoms with Crippen LogP contribution in [0.5, 0.6) is 0 Å². The topological polar surface area (TPSA) is 101 Å². The van der Waals surface area contributed by atoms with Gasteiger partial charge in [-0.15, -0.1) is 12.4 Å². The minimum absolute atomic E-state index is 0. The molecule has 0 radical (unpaired) electrons. The standard InChI is InChI=1S/C10H12ClN3O4S.ClH/c11-8-2-1-3-9(14(15)16)10(8)19(17,18)13-7-4-5-12-6-7;/h1-3,7,12-13H,4-6H2;1H. The molecule has 0 aromatic heterocycles. The summed E-state index contributed by atoms with van der Waals surface area (Å²) in [6, 6.07) is 3.50. The predicted octanol–water partition coefficient (Wildman–Crippen LogP) is 1.31. The SMILES string of the molecule is Cl.O=[N+]([O-])c1cccc(Cl)c1S(=O)(=O)NC1CCNC1. The van der Waals surface area contributed by atoms with E-state index in [4.69, 9.17) is 11.6 Å². The number of sulfonamides is 1. The number of hydrogen-bond donors (Lipinski definition) is 2. The van der Waals surface area contributed by atoms with Crippen molar-refractivity contribution in [2.45, 2.75) is 17.4 Å². The summed E-state index contributed by atoms with van der Waals surface area (Å²) in [6.45, 7) is 1.20. The highest BCUT2D eigenvalue weighted by atomic mass is 35.5. The summed E-state index contributed by atoms with van der Waals surface area (Å²) in [5, 5.41) is 13.7. The van der Waals surface area contributed by atoms with E-state index in [-0.39, 0.29) is 23.5 Å². The van der Waals surface area contributed by atoms with Crippen LogP contribution in [0.25, 0.3) is 0 Å². The molecule has 1 aromatic carbocycles. The second-order valence-corrected chi connectivity index (χ2v) is 6.21. The van der Waals surface area contributed by atoms with Crippen LogP contribution in [0.2, 0.25) is 5.02 Å². The number of halogens is 2. The fourth-order valence-electron chi connectivity index (χ4n) is 1.94. The van der Waals surface area contributed by atoms with E-state index in [0.717, 1.165) is 6.07 Å². The molecule has 1 aliphatic heterocycles. The Hall–Kier alpha value is -0.930. The minimum Gasteiger partial charge on any atom is -0.315 e. The van der Waals surface area contributed by atoms with Gasteiger partial charge in [-0.3, -0.25) is 10.1 Å². The molecule has 0 bridgehead atoms. The number of benzene rings is 1. The molecule has 1 fully saturated rings. The normalized spacial score (nSPS) is 18.6. The van der Waals surface area contributed by atoms with Gasteiger partial charge in [0.05, 0.1) is 9.95 Å². The lowest BCUT2D eigenvalue weighted by Gasteiger charge is -2.13. The average Bonchev–Trinajstić information content (AvgIpc) is 2.80. The van der Waals surface area contributed by atoms with Gasteiger partial charge in [-0.1, -0.05) is 17.7 Å². The van der Waals surface area contributed by atoms with Crippen LogP contribution in [0.4, 0.5) is 5.69 Å². The highest BCUT2D eigenvalue weighted by Crippen LogP contribution is 2.30. The molecule has 2 N–H and O–H groups in total. The molecule has 10 heteroatoms. The van der Waals surface area contributed by atoms with Crippen LogP contribution in [0, 0.1) is 10.1 Å². The Morgan fingerprint density at radius 1 is 1.45 bits per heavy atom. The molecule has 1 saturated heterocycles. The number of nitro groups is 1. The number of nitrogens with zero attached hydrogens (tertiary/aromatic N) is 1. The van der Waals surface area contributed by atoms with Gasteiger partial charge in [0.25, 0.3) is 5.69 Å². The first-order valence-corrected chi connectivity index (χ1v) is 7.44. The van der Waals surface area contributed by atoms with Crippen molar-refractivity contribution in [3.8, 4) is 0 Å². The third kappa shape index (κ3) is 3.58. The van der Waals surface area contributed by atoms with Crippen molar-refractivity contribution >= 4 is 39.7 Å². The number of nitrogens with one attached hydrogen (secondary N) is 2. The molecule has 0 spiro atoms. The molecule has 0 aliphatic carbocycles. The van der Waals surface area contributed by atoms with Gasteiger partial charge in [0.1, 0.15) is 0 Å². The van der Waals surface area contributed by atoms with E-state index >= 15 is 0 Å². The molecule has 1 unspecified atom stereocenters. The summed E-state index contributed by atoms with van der Waals surface area (Å²) in [4.78, 5) is 9.67. The van der Waals surface area contributed by atoms with E-state index in [1.54, 1.807) is 0 Å². The number of hydrogen-bond acceptors (Lipinski definition) is 5. The molecule has 20 heavy (non-hydrogen) atoms. The van der Waals surface area contributed by atoms with Gasteiger partial charge >= 0.3 is 0 Å². The number of rotatable bonds is 4. The summed E-state index contributed by atoms with van der Waals surface area (Å²) >= 11 is 5.80. The van der Waals surface area contributed by atoms with Crippen molar-refractivity contribution in [1.29, 1.82) is 0 Å². The zero-order chi connectivity index (χ0) is 14.0. The van der Waals surface area contributed by atoms with Crippen molar-refractivity contribution in [2.24, 2.45) is 0 Å². The van der Waals surface area contributed by atoms with E-state index < -0.39 is 25.5 Å². The maximum absolute atomic E-state index is 12.2. The molecular weight excluding hydrogens is 329 g/mol. The van der Waals surface area contributed by atoms with Crippen LogP contribution in [0.15, 0.2) is 23.1 Å². The molecule has 1 heterocycles. The van der Waals surface area contributed by atoms with Gasteiger partial charge < -0.3 is 5.32 Å². The largest absolute Gasteiger partial charge is 0.315 e. The molecule has 1 aromatic rings. The molecule has 0 amide bonds. The van der Waals surface area contributed by atoms with Gasteiger partial charge in [0.2, 0.25) is 10.0 Å². The smallest absolute Gasteiger partial charge is 0.290 e. The second kappa shape index (κ2) is 6.68. The van der Waals surface area contributed by atoms with Crippen LogP contribution >= 0.6 is 24.0 Å². The van der Waals surface area contributed by atoms with Gasteiger partial charge in [-0.25, -0.2) is 13.1 Å². The first kappa shape index (κ1) is 17.1. The Morgan fingerprint density at radius 2 is 2.15 bits per heavy atom. The quantitative estimate of drug-likeness (QED) is 0.635. The predicted molar refractivity (Wildman–Crippen MR) is 77.0 cm³/mol.